The standard InChI is InChI=1S/C15H16O/c1-2-6-13(11-16)15-10-5-8-12-7-3-4-9-14(12)15/h2-5,7-10,13,16H,1,6,11H2. The van der Waals surface area contributed by atoms with Crippen molar-refractivity contribution in [3.63, 3.8) is 0 Å². The van der Waals surface area contributed by atoms with Crippen molar-refractivity contribution in [1.82, 2.24) is 0 Å². The normalized spacial score (nSPS) is 12.6. The third-order valence-corrected chi connectivity index (χ3v) is 2.93. The monoisotopic (exact) mass is 212 g/mol. The third-order valence-electron chi connectivity index (χ3n) is 2.93. The predicted octanol–water partition coefficient (Wildman–Crippen LogP) is 3.49. The molecule has 0 heterocycles. The highest BCUT2D eigenvalue weighted by Crippen LogP contribution is 2.27. The Morgan fingerprint density at radius 1 is 1.12 bits per heavy atom. The number of aliphatic hydroxyl groups is 1. The van der Waals surface area contributed by atoms with Crippen LogP contribution in [-0.4, -0.2) is 11.7 Å². The first kappa shape index (κ1) is 10.9. The molecule has 2 rings (SSSR count). The Labute approximate surface area is 96.0 Å². The average Bonchev–Trinajstić information content (AvgIpc) is 2.35. The summed E-state index contributed by atoms with van der Waals surface area (Å²) in [6.07, 6.45) is 2.67. The molecule has 1 unspecified atom stereocenters. The first-order chi connectivity index (χ1) is 7.86. The van der Waals surface area contributed by atoms with Crippen LogP contribution in [0.1, 0.15) is 17.9 Å². The van der Waals surface area contributed by atoms with E-state index < -0.39 is 0 Å². The van der Waals surface area contributed by atoms with Gasteiger partial charge in [-0.2, -0.15) is 0 Å². The summed E-state index contributed by atoms with van der Waals surface area (Å²) in [5, 5.41) is 11.9. The lowest BCUT2D eigenvalue weighted by atomic mass is 9.92. The maximum absolute atomic E-state index is 9.42. The summed E-state index contributed by atoms with van der Waals surface area (Å²) in [5.74, 6) is 0.156. The van der Waals surface area contributed by atoms with Crippen LogP contribution in [-0.2, 0) is 0 Å². The molecule has 0 spiro atoms. The molecule has 0 aliphatic carbocycles. The highest BCUT2D eigenvalue weighted by atomic mass is 16.3. The molecular formula is C15H16O. The summed E-state index contributed by atoms with van der Waals surface area (Å²) in [5.41, 5.74) is 1.21. The summed E-state index contributed by atoms with van der Waals surface area (Å²) >= 11 is 0. The van der Waals surface area contributed by atoms with Crippen LogP contribution < -0.4 is 0 Å². The van der Waals surface area contributed by atoms with E-state index in [2.05, 4.69) is 30.8 Å². The lowest BCUT2D eigenvalue weighted by Crippen LogP contribution is -2.03. The molecule has 1 heteroatoms. The van der Waals surface area contributed by atoms with Gasteiger partial charge in [0.05, 0.1) is 6.61 Å². The van der Waals surface area contributed by atoms with Crippen LogP contribution in [0.25, 0.3) is 10.8 Å². The van der Waals surface area contributed by atoms with Gasteiger partial charge in [-0.3, -0.25) is 0 Å². The minimum Gasteiger partial charge on any atom is -0.396 e. The van der Waals surface area contributed by atoms with Crippen molar-refractivity contribution in [2.24, 2.45) is 0 Å². The second-order valence-electron chi connectivity index (χ2n) is 3.97. The summed E-state index contributed by atoms with van der Waals surface area (Å²) < 4.78 is 0. The molecule has 82 valence electrons. The summed E-state index contributed by atoms with van der Waals surface area (Å²) in [4.78, 5) is 0. The van der Waals surface area contributed by atoms with Crippen molar-refractivity contribution in [1.29, 1.82) is 0 Å². The quantitative estimate of drug-likeness (QED) is 0.769. The summed E-state index contributed by atoms with van der Waals surface area (Å²) in [7, 11) is 0. The van der Waals surface area contributed by atoms with E-state index in [1.54, 1.807) is 0 Å². The lowest BCUT2D eigenvalue weighted by molar-refractivity contribution is 0.266. The van der Waals surface area contributed by atoms with Gasteiger partial charge in [0.1, 0.15) is 0 Å². The largest absolute Gasteiger partial charge is 0.396 e. The average molecular weight is 212 g/mol. The Bertz CT molecular complexity index is 482. The Kier molecular flexibility index (Phi) is 3.37. The van der Waals surface area contributed by atoms with E-state index in [1.165, 1.54) is 16.3 Å². The molecule has 16 heavy (non-hydrogen) atoms. The van der Waals surface area contributed by atoms with Gasteiger partial charge in [-0.25, -0.2) is 0 Å². The number of aliphatic hydroxyl groups excluding tert-OH is 1. The van der Waals surface area contributed by atoms with Gasteiger partial charge in [-0.05, 0) is 22.8 Å². The van der Waals surface area contributed by atoms with E-state index in [4.69, 9.17) is 0 Å². The fraction of sp³-hybridized carbons (Fsp3) is 0.200. The molecule has 0 saturated carbocycles. The topological polar surface area (TPSA) is 20.2 Å². The highest BCUT2D eigenvalue weighted by Gasteiger charge is 2.11. The van der Waals surface area contributed by atoms with E-state index in [9.17, 15) is 5.11 Å². The van der Waals surface area contributed by atoms with Crippen molar-refractivity contribution in [3.8, 4) is 0 Å². The fourth-order valence-corrected chi connectivity index (χ4v) is 2.11. The Morgan fingerprint density at radius 3 is 2.62 bits per heavy atom. The first-order valence-corrected chi connectivity index (χ1v) is 5.56. The smallest absolute Gasteiger partial charge is 0.0502 e. The molecule has 0 saturated heterocycles. The zero-order valence-corrected chi connectivity index (χ0v) is 9.26. The van der Waals surface area contributed by atoms with Crippen LogP contribution in [0.2, 0.25) is 0 Å². The van der Waals surface area contributed by atoms with Crippen LogP contribution in [0.5, 0.6) is 0 Å². The van der Waals surface area contributed by atoms with Crippen molar-refractivity contribution in [3.05, 3.63) is 60.7 Å². The Hall–Kier alpha value is -1.60. The molecule has 1 nitrogen and oxygen atoms in total. The van der Waals surface area contributed by atoms with E-state index >= 15 is 0 Å². The van der Waals surface area contributed by atoms with Gasteiger partial charge in [-0.1, -0.05) is 48.5 Å². The van der Waals surface area contributed by atoms with Crippen molar-refractivity contribution < 1.29 is 5.11 Å². The maximum atomic E-state index is 9.42. The molecule has 0 amide bonds. The minimum atomic E-state index is 0.156. The van der Waals surface area contributed by atoms with E-state index in [0.29, 0.717) is 0 Å². The fourth-order valence-electron chi connectivity index (χ4n) is 2.11. The molecule has 0 radical (unpaired) electrons. The number of hydrogen-bond acceptors (Lipinski definition) is 1. The third kappa shape index (κ3) is 2.00. The summed E-state index contributed by atoms with van der Waals surface area (Å²) in [6.45, 7) is 3.91. The first-order valence-electron chi connectivity index (χ1n) is 5.56. The van der Waals surface area contributed by atoms with E-state index in [1.807, 2.05) is 24.3 Å². The number of allylic oxidation sites excluding steroid dienone is 1. The molecule has 0 aromatic heterocycles. The molecule has 2 aromatic rings. The minimum absolute atomic E-state index is 0.156. The van der Waals surface area contributed by atoms with Crippen LogP contribution in [0.15, 0.2) is 55.1 Å². The molecule has 0 bridgehead atoms. The van der Waals surface area contributed by atoms with E-state index in [-0.39, 0.29) is 12.5 Å². The second kappa shape index (κ2) is 4.95. The van der Waals surface area contributed by atoms with Crippen LogP contribution in [0.3, 0.4) is 0 Å². The van der Waals surface area contributed by atoms with Gasteiger partial charge in [-0.15, -0.1) is 6.58 Å². The molecule has 1 atom stereocenters. The van der Waals surface area contributed by atoms with Gasteiger partial charge in [0.15, 0.2) is 0 Å². The maximum Gasteiger partial charge on any atom is 0.0502 e. The number of benzene rings is 2. The Morgan fingerprint density at radius 2 is 1.88 bits per heavy atom. The van der Waals surface area contributed by atoms with Gasteiger partial charge >= 0.3 is 0 Å². The number of hydrogen-bond donors (Lipinski definition) is 1. The summed E-state index contributed by atoms with van der Waals surface area (Å²) in [6, 6.07) is 14.5. The molecule has 0 aliphatic heterocycles. The van der Waals surface area contributed by atoms with Crippen LogP contribution >= 0.6 is 0 Å². The van der Waals surface area contributed by atoms with Gasteiger partial charge in [0, 0.05) is 5.92 Å². The Balaban J connectivity index is 2.54. The zero-order valence-electron chi connectivity index (χ0n) is 9.26. The second-order valence-corrected chi connectivity index (χ2v) is 3.97. The zero-order chi connectivity index (χ0) is 11.4. The van der Waals surface area contributed by atoms with Gasteiger partial charge in [0.2, 0.25) is 0 Å². The van der Waals surface area contributed by atoms with Crippen molar-refractivity contribution in [2.75, 3.05) is 6.61 Å². The van der Waals surface area contributed by atoms with Crippen molar-refractivity contribution in [2.45, 2.75) is 12.3 Å². The van der Waals surface area contributed by atoms with Crippen molar-refractivity contribution >= 4 is 10.8 Å². The predicted molar refractivity (Wildman–Crippen MR) is 68.6 cm³/mol. The van der Waals surface area contributed by atoms with Gasteiger partial charge in [0.25, 0.3) is 0 Å². The number of rotatable bonds is 4. The molecule has 0 aliphatic rings. The SMILES string of the molecule is C=CCC(CO)c1cccc2ccccc12. The molecule has 2 aromatic carbocycles. The molecule has 1 N–H and O–H groups in total. The van der Waals surface area contributed by atoms with Gasteiger partial charge < -0.3 is 5.11 Å². The van der Waals surface area contributed by atoms with Crippen LogP contribution in [0.4, 0.5) is 0 Å². The highest BCUT2D eigenvalue weighted by molar-refractivity contribution is 5.86. The van der Waals surface area contributed by atoms with E-state index in [0.717, 1.165) is 6.42 Å². The van der Waals surface area contributed by atoms with Crippen LogP contribution in [0, 0.1) is 0 Å². The number of fused-ring (bicyclic) bond motifs is 1. The lowest BCUT2D eigenvalue weighted by Gasteiger charge is -2.15. The molecule has 0 fully saturated rings. The molecular weight excluding hydrogens is 196 g/mol.